The minimum Gasteiger partial charge on any atom is -0.493 e. The lowest BCUT2D eigenvalue weighted by molar-refractivity contribution is -0.143. The number of hydrogen-bond acceptors (Lipinski definition) is 7. The Morgan fingerprint density at radius 3 is 2.38 bits per heavy atom. The van der Waals surface area contributed by atoms with Gasteiger partial charge in [0.15, 0.2) is 11.5 Å². The number of fused-ring (bicyclic) bond motifs is 1. The number of rotatable bonds is 7. The maximum Gasteiger partial charge on any atom is 0.326 e. The first kappa shape index (κ1) is 20.9. The van der Waals surface area contributed by atoms with Crippen LogP contribution in [0.5, 0.6) is 11.5 Å². The molecule has 3 rings (SSSR count). The van der Waals surface area contributed by atoms with Crippen LogP contribution in [0, 0.1) is 0 Å². The van der Waals surface area contributed by atoms with Crippen LogP contribution in [-0.4, -0.2) is 39.8 Å². The Hall–Kier alpha value is -2.85. The van der Waals surface area contributed by atoms with Crippen LogP contribution in [0.4, 0.5) is 0 Å². The Morgan fingerprint density at radius 2 is 1.76 bits per heavy atom. The molecule has 0 unspecified atom stereocenters. The summed E-state index contributed by atoms with van der Waals surface area (Å²) in [6.07, 6.45) is 0. The van der Waals surface area contributed by atoms with E-state index < -0.39 is 16.0 Å². The molecule has 1 heterocycles. The van der Waals surface area contributed by atoms with E-state index in [0.29, 0.717) is 21.7 Å². The molecule has 0 radical (unpaired) electrons. The van der Waals surface area contributed by atoms with Gasteiger partial charge in [-0.1, -0.05) is 29.5 Å². The van der Waals surface area contributed by atoms with Crippen LogP contribution in [0.15, 0.2) is 51.8 Å². The molecule has 0 saturated carbocycles. The largest absolute Gasteiger partial charge is 0.493 e. The smallest absolute Gasteiger partial charge is 0.326 e. The molecular weight excluding hydrogens is 416 g/mol. The average Bonchev–Trinajstić information content (AvgIpc) is 3.03. The lowest BCUT2D eigenvalue weighted by Crippen LogP contribution is -2.23. The Kier molecular flexibility index (Phi) is 6.23. The van der Waals surface area contributed by atoms with Crippen molar-refractivity contribution in [1.29, 1.82) is 0 Å². The zero-order valence-corrected chi connectivity index (χ0v) is 17.7. The molecule has 0 aliphatic rings. The predicted molar refractivity (Wildman–Crippen MR) is 109 cm³/mol. The number of aromatic nitrogens is 1. The third kappa shape index (κ3) is 4.43. The van der Waals surface area contributed by atoms with Crippen LogP contribution >= 0.6 is 11.3 Å². The molecule has 0 atom stereocenters. The van der Waals surface area contributed by atoms with E-state index in [1.807, 2.05) is 0 Å². The number of carbonyl (C=O) groups is 1. The van der Waals surface area contributed by atoms with Crippen molar-refractivity contribution in [3.05, 3.63) is 47.3 Å². The molecule has 3 aromatic rings. The molecule has 0 saturated heterocycles. The molecule has 0 bridgehead atoms. The highest BCUT2D eigenvalue weighted by Crippen LogP contribution is 2.33. The van der Waals surface area contributed by atoms with Crippen LogP contribution in [0.1, 0.15) is 6.92 Å². The van der Waals surface area contributed by atoms with Crippen molar-refractivity contribution in [2.75, 3.05) is 20.8 Å². The standard InChI is InChI=1S/C19H20N2O6S2/c1-4-27-18(22)12-21-14-10-15(25-2)16(26-3)11-17(14)28-19(21)20-29(23,24)13-8-6-5-7-9-13/h5-11H,4,12H2,1-3H3. The molecule has 29 heavy (non-hydrogen) atoms. The number of ether oxygens (including phenoxy) is 3. The number of carbonyl (C=O) groups excluding carboxylic acids is 1. The molecular formula is C19H20N2O6S2. The number of esters is 1. The quantitative estimate of drug-likeness (QED) is 0.528. The topological polar surface area (TPSA) is 96.2 Å². The summed E-state index contributed by atoms with van der Waals surface area (Å²) in [6, 6.07) is 11.3. The monoisotopic (exact) mass is 436 g/mol. The van der Waals surface area contributed by atoms with E-state index in [-0.39, 0.29) is 22.8 Å². The fourth-order valence-corrected chi connectivity index (χ4v) is 4.97. The van der Waals surface area contributed by atoms with Gasteiger partial charge in [-0.2, -0.15) is 8.42 Å². The van der Waals surface area contributed by atoms with Gasteiger partial charge < -0.3 is 18.8 Å². The predicted octanol–water partition coefficient (Wildman–Crippen LogP) is 2.57. The molecule has 8 nitrogen and oxygen atoms in total. The van der Waals surface area contributed by atoms with Gasteiger partial charge in [-0.3, -0.25) is 4.79 Å². The number of methoxy groups -OCH3 is 2. The van der Waals surface area contributed by atoms with E-state index in [4.69, 9.17) is 14.2 Å². The summed E-state index contributed by atoms with van der Waals surface area (Å²) in [5.41, 5.74) is 0.586. The number of sulfonamides is 1. The number of nitrogens with zero attached hydrogens (tertiary/aromatic N) is 2. The van der Waals surface area contributed by atoms with E-state index in [1.54, 1.807) is 37.3 Å². The Bertz CT molecular complexity index is 1200. The lowest BCUT2D eigenvalue weighted by atomic mass is 10.3. The molecule has 2 aromatic carbocycles. The first-order valence-corrected chi connectivity index (χ1v) is 10.9. The van der Waals surface area contributed by atoms with Gasteiger partial charge in [0.05, 0.1) is 35.9 Å². The first-order chi connectivity index (χ1) is 13.9. The van der Waals surface area contributed by atoms with Crippen LogP contribution < -0.4 is 14.3 Å². The highest BCUT2D eigenvalue weighted by Gasteiger charge is 2.18. The molecule has 0 fully saturated rings. The van der Waals surface area contributed by atoms with Crippen molar-refractivity contribution in [2.24, 2.45) is 4.40 Å². The fraction of sp³-hybridized carbons (Fsp3) is 0.263. The summed E-state index contributed by atoms with van der Waals surface area (Å²) in [6.45, 7) is 1.73. The van der Waals surface area contributed by atoms with Crippen molar-refractivity contribution >= 4 is 37.5 Å². The summed E-state index contributed by atoms with van der Waals surface area (Å²) in [5.74, 6) is 0.440. The van der Waals surface area contributed by atoms with E-state index >= 15 is 0 Å². The molecule has 0 aliphatic carbocycles. The minimum absolute atomic E-state index is 0.0651. The highest BCUT2D eigenvalue weighted by atomic mass is 32.2. The summed E-state index contributed by atoms with van der Waals surface area (Å²) in [5, 5.41) is 0. The fourth-order valence-electron chi connectivity index (χ4n) is 2.70. The molecule has 0 spiro atoms. The van der Waals surface area contributed by atoms with Gasteiger partial charge in [0.2, 0.25) is 4.80 Å². The van der Waals surface area contributed by atoms with Gasteiger partial charge in [-0.15, -0.1) is 4.40 Å². The van der Waals surface area contributed by atoms with Crippen molar-refractivity contribution in [2.45, 2.75) is 18.4 Å². The first-order valence-electron chi connectivity index (χ1n) is 8.66. The Balaban J connectivity index is 2.26. The van der Waals surface area contributed by atoms with Crippen LogP contribution in [-0.2, 0) is 26.1 Å². The Labute approximate surface area is 172 Å². The van der Waals surface area contributed by atoms with Crippen molar-refractivity contribution in [3.8, 4) is 11.5 Å². The minimum atomic E-state index is -3.96. The van der Waals surface area contributed by atoms with Crippen LogP contribution in [0.3, 0.4) is 0 Å². The van der Waals surface area contributed by atoms with Crippen LogP contribution in [0.2, 0.25) is 0 Å². The summed E-state index contributed by atoms with van der Waals surface area (Å²) >= 11 is 1.13. The second-order valence-corrected chi connectivity index (χ2v) is 8.44. The summed E-state index contributed by atoms with van der Waals surface area (Å²) in [7, 11) is -0.957. The second-order valence-electron chi connectivity index (χ2n) is 5.83. The lowest BCUT2D eigenvalue weighted by Gasteiger charge is -2.09. The average molecular weight is 437 g/mol. The molecule has 0 amide bonds. The zero-order valence-electron chi connectivity index (χ0n) is 16.1. The van der Waals surface area contributed by atoms with E-state index in [2.05, 4.69) is 4.40 Å². The summed E-state index contributed by atoms with van der Waals surface area (Å²) < 4.78 is 47.4. The summed E-state index contributed by atoms with van der Waals surface area (Å²) in [4.78, 5) is 12.3. The van der Waals surface area contributed by atoms with E-state index in [1.165, 1.54) is 30.9 Å². The third-order valence-electron chi connectivity index (χ3n) is 4.02. The van der Waals surface area contributed by atoms with Gasteiger partial charge in [0, 0.05) is 12.1 Å². The Morgan fingerprint density at radius 1 is 1.10 bits per heavy atom. The maximum absolute atomic E-state index is 12.7. The van der Waals surface area contributed by atoms with Crippen molar-refractivity contribution in [1.82, 2.24) is 4.57 Å². The highest BCUT2D eigenvalue weighted by molar-refractivity contribution is 7.90. The van der Waals surface area contributed by atoms with Crippen molar-refractivity contribution in [3.63, 3.8) is 0 Å². The maximum atomic E-state index is 12.7. The second kappa shape index (κ2) is 8.66. The van der Waals surface area contributed by atoms with E-state index in [0.717, 1.165) is 11.3 Å². The SMILES string of the molecule is CCOC(=O)Cn1c(=NS(=O)(=O)c2ccccc2)sc2cc(OC)c(OC)cc21. The number of hydrogen-bond donors (Lipinski definition) is 0. The zero-order chi connectivity index (χ0) is 21.0. The van der Waals surface area contributed by atoms with Gasteiger partial charge in [0.1, 0.15) is 6.54 Å². The van der Waals surface area contributed by atoms with Crippen molar-refractivity contribution < 1.29 is 27.4 Å². The molecule has 1 aromatic heterocycles. The third-order valence-corrected chi connectivity index (χ3v) is 6.46. The molecule has 154 valence electrons. The normalized spacial score (nSPS) is 12.2. The van der Waals surface area contributed by atoms with E-state index in [9.17, 15) is 13.2 Å². The molecule has 0 N–H and O–H groups in total. The molecule has 10 heteroatoms. The van der Waals surface area contributed by atoms with Crippen LogP contribution in [0.25, 0.3) is 10.2 Å². The number of benzene rings is 2. The van der Waals surface area contributed by atoms with Gasteiger partial charge in [-0.05, 0) is 19.1 Å². The molecule has 0 aliphatic heterocycles. The number of thiazole rings is 1. The van der Waals surface area contributed by atoms with Gasteiger partial charge >= 0.3 is 5.97 Å². The van der Waals surface area contributed by atoms with Gasteiger partial charge in [0.25, 0.3) is 10.0 Å². The van der Waals surface area contributed by atoms with Gasteiger partial charge in [-0.25, -0.2) is 0 Å².